The molecule has 0 fully saturated rings. The van der Waals surface area contributed by atoms with Crippen molar-refractivity contribution in [3.8, 4) is 17.2 Å². The highest BCUT2D eigenvalue weighted by molar-refractivity contribution is 5.92. The molecule has 0 saturated carbocycles. The van der Waals surface area contributed by atoms with Gasteiger partial charge in [-0.25, -0.2) is 4.79 Å². The highest BCUT2D eigenvalue weighted by Crippen LogP contribution is 2.27. The summed E-state index contributed by atoms with van der Waals surface area (Å²) in [5, 5.41) is 2.61. The molecule has 0 aliphatic heterocycles. The molecule has 0 bridgehead atoms. The molecule has 7 nitrogen and oxygen atoms in total. The van der Waals surface area contributed by atoms with Crippen LogP contribution in [0.25, 0.3) is 0 Å². The second-order valence-corrected chi connectivity index (χ2v) is 5.16. The van der Waals surface area contributed by atoms with Crippen LogP contribution in [0.2, 0.25) is 0 Å². The number of esters is 1. The van der Waals surface area contributed by atoms with Gasteiger partial charge in [0.2, 0.25) is 0 Å². The van der Waals surface area contributed by atoms with Crippen molar-refractivity contribution in [2.45, 2.75) is 0 Å². The Labute approximate surface area is 151 Å². The first-order valence-electron chi connectivity index (χ1n) is 7.97. The first kappa shape index (κ1) is 19.1. The minimum Gasteiger partial charge on any atom is -0.493 e. The first-order valence-corrected chi connectivity index (χ1v) is 7.97. The molecule has 0 unspecified atom stereocenters. The summed E-state index contributed by atoms with van der Waals surface area (Å²) in [6.07, 6.45) is 0. The summed E-state index contributed by atoms with van der Waals surface area (Å²) in [4.78, 5) is 23.7. The quantitative estimate of drug-likeness (QED) is 0.545. The van der Waals surface area contributed by atoms with Gasteiger partial charge in [-0.1, -0.05) is 18.2 Å². The average molecular weight is 359 g/mol. The number of hydrogen-bond acceptors (Lipinski definition) is 6. The molecule has 0 radical (unpaired) electrons. The molecule has 0 aliphatic carbocycles. The zero-order valence-electron chi connectivity index (χ0n) is 14.7. The van der Waals surface area contributed by atoms with Gasteiger partial charge >= 0.3 is 5.97 Å². The zero-order valence-corrected chi connectivity index (χ0v) is 14.7. The Morgan fingerprint density at radius 1 is 0.962 bits per heavy atom. The van der Waals surface area contributed by atoms with Crippen molar-refractivity contribution >= 4 is 11.9 Å². The van der Waals surface area contributed by atoms with Gasteiger partial charge in [0.1, 0.15) is 12.4 Å². The van der Waals surface area contributed by atoms with E-state index >= 15 is 0 Å². The van der Waals surface area contributed by atoms with Crippen molar-refractivity contribution in [2.75, 3.05) is 34.0 Å². The van der Waals surface area contributed by atoms with E-state index in [2.05, 4.69) is 5.32 Å². The Hall–Kier alpha value is -3.22. The van der Waals surface area contributed by atoms with Gasteiger partial charge in [-0.3, -0.25) is 4.79 Å². The molecular formula is C19H21NO6. The van der Waals surface area contributed by atoms with Gasteiger partial charge in [0.05, 0.1) is 26.3 Å². The van der Waals surface area contributed by atoms with Crippen LogP contribution in [-0.4, -0.2) is 45.9 Å². The number of ether oxygens (including phenoxy) is 4. The van der Waals surface area contributed by atoms with Crippen LogP contribution in [0, 0.1) is 0 Å². The number of para-hydroxylation sites is 1. The lowest BCUT2D eigenvalue weighted by atomic mass is 10.2. The molecule has 2 aromatic rings. The summed E-state index contributed by atoms with van der Waals surface area (Å²) >= 11 is 0. The number of carbonyl (C=O) groups excluding carboxylic acids is 2. The van der Waals surface area contributed by atoms with Gasteiger partial charge in [0, 0.05) is 0 Å². The van der Waals surface area contributed by atoms with Crippen LogP contribution in [0.4, 0.5) is 0 Å². The maximum absolute atomic E-state index is 12.0. The summed E-state index contributed by atoms with van der Waals surface area (Å²) in [6.45, 7) is 0.250. The molecule has 0 aromatic heterocycles. The number of hydrogen-bond donors (Lipinski definition) is 1. The average Bonchev–Trinajstić information content (AvgIpc) is 2.69. The number of benzene rings is 2. The zero-order chi connectivity index (χ0) is 18.8. The number of amides is 1. The molecule has 0 atom stereocenters. The van der Waals surface area contributed by atoms with E-state index in [1.54, 1.807) is 6.07 Å². The van der Waals surface area contributed by atoms with Gasteiger partial charge in [0.15, 0.2) is 18.1 Å². The SMILES string of the molecule is COc1ccc(C(=O)OCC(=O)NCCOc2ccccc2)cc1OC. The molecule has 138 valence electrons. The molecule has 1 N–H and O–H groups in total. The fourth-order valence-corrected chi connectivity index (χ4v) is 2.10. The lowest BCUT2D eigenvalue weighted by Gasteiger charge is -2.10. The Bertz CT molecular complexity index is 732. The summed E-state index contributed by atoms with van der Waals surface area (Å²) in [5.74, 6) is 0.600. The Morgan fingerprint density at radius 3 is 2.38 bits per heavy atom. The standard InChI is InChI=1S/C19H21NO6/c1-23-16-9-8-14(12-17(16)24-2)19(22)26-13-18(21)20-10-11-25-15-6-4-3-5-7-15/h3-9,12H,10-11,13H2,1-2H3,(H,20,21). The van der Waals surface area contributed by atoms with Crippen LogP contribution >= 0.6 is 0 Å². The molecule has 0 heterocycles. The molecule has 7 heteroatoms. The van der Waals surface area contributed by atoms with Crippen LogP contribution < -0.4 is 19.5 Å². The van der Waals surface area contributed by atoms with Crippen molar-refractivity contribution < 1.29 is 28.5 Å². The van der Waals surface area contributed by atoms with E-state index in [0.717, 1.165) is 5.75 Å². The predicted octanol–water partition coefficient (Wildman–Crippen LogP) is 2.06. The molecule has 1 amide bonds. The van der Waals surface area contributed by atoms with Crippen LogP contribution in [0.5, 0.6) is 17.2 Å². The van der Waals surface area contributed by atoms with Gasteiger partial charge in [-0.2, -0.15) is 0 Å². The topological polar surface area (TPSA) is 83.1 Å². The van der Waals surface area contributed by atoms with Crippen molar-refractivity contribution in [3.05, 3.63) is 54.1 Å². The summed E-state index contributed by atoms with van der Waals surface area (Å²) < 4.78 is 20.7. The lowest BCUT2D eigenvalue weighted by molar-refractivity contribution is -0.124. The number of carbonyl (C=O) groups is 2. The minimum atomic E-state index is -0.623. The first-order chi connectivity index (χ1) is 12.6. The molecule has 26 heavy (non-hydrogen) atoms. The highest BCUT2D eigenvalue weighted by atomic mass is 16.5. The molecule has 2 rings (SSSR count). The maximum atomic E-state index is 12.0. The minimum absolute atomic E-state index is 0.267. The molecular weight excluding hydrogens is 338 g/mol. The van der Waals surface area contributed by atoms with Gasteiger partial charge in [-0.05, 0) is 30.3 Å². The summed E-state index contributed by atoms with van der Waals surface area (Å²) in [7, 11) is 2.97. The fourth-order valence-electron chi connectivity index (χ4n) is 2.10. The van der Waals surface area contributed by atoms with E-state index in [-0.39, 0.29) is 12.2 Å². The number of nitrogens with one attached hydrogen (secondary N) is 1. The van der Waals surface area contributed by atoms with E-state index in [1.807, 2.05) is 30.3 Å². The largest absolute Gasteiger partial charge is 0.493 e. The Kier molecular flexibility index (Phi) is 7.30. The Balaban J connectivity index is 1.72. The van der Waals surface area contributed by atoms with Gasteiger partial charge < -0.3 is 24.3 Å². The Morgan fingerprint density at radius 2 is 1.69 bits per heavy atom. The monoisotopic (exact) mass is 359 g/mol. The van der Waals surface area contributed by atoms with E-state index in [4.69, 9.17) is 18.9 Å². The molecule has 0 spiro atoms. The second-order valence-electron chi connectivity index (χ2n) is 5.16. The highest BCUT2D eigenvalue weighted by Gasteiger charge is 2.13. The van der Waals surface area contributed by atoms with Gasteiger partial charge in [-0.15, -0.1) is 0 Å². The fraction of sp³-hybridized carbons (Fsp3) is 0.263. The smallest absolute Gasteiger partial charge is 0.338 e. The number of rotatable bonds is 9. The summed E-state index contributed by atoms with van der Waals surface area (Å²) in [5.41, 5.74) is 0.267. The van der Waals surface area contributed by atoms with E-state index in [0.29, 0.717) is 24.7 Å². The third-order valence-corrected chi connectivity index (χ3v) is 3.39. The van der Waals surface area contributed by atoms with Crippen LogP contribution in [0.15, 0.2) is 48.5 Å². The van der Waals surface area contributed by atoms with E-state index in [1.165, 1.54) is 26.4 Å². The maximum Gasteiger partial charge on any atom is 0.338 e. The van der Waals surface area contributed by atoms with E-state index < -0.39 is 11.9 Å². The predicted molar refractivity (Wildman–Crippen MR) is 94.8 cm³/mol. The summed E-state index contributed by atoms with van der Waals surface area (Å²) in [6, 6.07) is 13.9. The third-order valence-electron chi connectivity index (χ3n) is 3.39. The molecule has 0 saturated heterocycles. The normalized spacial score (nSPS) is 9.92. The third kappa shape index (κ3) is 5.70. The second kappa shape index (κ2) is 9.93. The lowest BCUT2D eigenvalue weighted by Crippen LogP contribution is -2.32. The van der Waals surface area contributed by atoms with E-state index in [9.17, 15) is 9.59 Å². The van der Waals surface area contributed by atoms with Crippen molar-refractivity contribution in [1.29, 1.82) is 0 Å². The van der Waals surface area contributed by atoms with Crippen molar-refractivity contribution in [1.82, 2.24) is 5.32 Å². The van der Waals surface area contributed by atoms with Gasteiger partial charge in [0.25, 0.3) is 5.91 Å². The van der Waals surface area contributed by atoms with Crippen LogP contribution in [0.3, 0.4) is 0 Å². The van der Waals surface area contributed by atoms with Crippen LogP contribution in [-0.2, 0) is 9.53 Å². The molecule has 0 aliphatic rings. The van der Waals surface area contributed by atoms with Crippen LogP contribution in [0.1, 0.15) is 10.4 Å². The van der Waals surface area contributed by atoms with Crippen molar-refractivity contribution in [3.63, 3.8) is 0 Å². The number of methoxy groups -OCH3 is 2. The van der Waals surface area contributed by atoms with Crippen molar-refractivity contribution in [2.24, 2.45) is 0 Å². The molecule has 2 aromatic carbocycles.